The van der Waals surface area contributed by atoms with Crippen molar-refractivity contribution in [2.24, 2.45) is 5.92 Å². The highest BCUT2D eigenvalue weighted by molar-refractivity contribution is 7.99. The molecule has 2 aromatic heterocycles. The number of ether oxygens (including phenoxy) is 2. The van der Waals surface area contributed by atoms with Crippen LogP contribution >= 0.6 is 23.1 Å². The Labute approximate surface area is 172 Å². The maximum Gasteiger partial charge on any atom is 0.260 e. The lowest BCUT2D eigenvalue weighted by Gasteiger charge is -2.17. The van der Waals surface area contributed by atoms with Gasteiger partial charge in [-0.2, -0.15) is 0 Å². The Kier molecular flexibility index (Phi) is 5.92. The standard InChI is InChI=1S/C21H24N2O3S2/c1-13-4-9-16-17(12-13)28-20-18(16)19(24)22-21(23-20)27-11-3-10-26-15-7-5-14(25-2)6-8-15/h5-8,13H,3-4,9-12H2,1-2H3,(H,22,23,24). The molecule has 2 heterocycles. The Morgan fingerprint density at radius 2 is 2.07 bits per heavy atom. The van der Waals surface area contributed by atoms with Crippen molar-refractivity contribution in [3.05, 3.63) is 45.1 Å². The number of aromatic nitrogens is 2. The van der Waals surface area contributed by atoms with Crippen molar-refractivity contribution in [2.45, 2.75) is 37.8 Å². The molecule has 0 radical (unpaired) electrons. The molecule has 5 nitrogen and oxygen atoms in total. The number of aromatic amines is 1. The van der Waals surface area contributed by atoms with Gasteiger partial charge in [-0.25, -0.2) is 4.98 Å². The molecule has 1 unspecified atom stereocenters. The molecule has 7 heteroatoms. The van der Waals surface area contributed by atoms with E-state index in [1.54, 1.807) is 30.2 Å². The van der Waals surface area contributed by atoms with Crippen LogP contribution in [0.4, 0.5) is 0 Å². The average Bonchev–Trinajstić information content (AvgIpc) is 3.06. The molecule has 0 spiro atoms. The number of thioether (sulfide) groups is 1. The zero-order valence-corrected chi connectivity index (χ0v) is 17.8. The lowest BCUT2D eigenvalue weighted by molar-refractivity contribution is 0.318. The molecule has 0 aliphatic heterocycles. The van der Waals surface area contributed by atoms with E-state index in [2.05, 4.69) is 11.9 Å². The van der Waals surface area contributed by atoms with Gasteiger partial charge in [-0.1, -0.05) is 18.7 Å². The number of rotatable bonds is 7. The normalized spacial score (nSPS) is 16.1. The number of hydrogen-bond acceptors (Lipinski definition) is 6. The van der Waals surface area contributed by atoms with E-state index in [4.69, 9.17) is 14.5 Å². The molecule has 0 saturated carbocycles. The lowest BCUT2D eigenvalue weighted by Crippen LogP contribution is -2.13. The van der Waals surface area contributed by atoms with E-state index < -0.39 is 0 Å². The summed E-state index contributed by atoms with van der Waals surface area (Å²) in [7, 11) is 1.65. The highest BCUT2D eigenvalue weighted by Crippen LogP contribution is 2.36. The van der Waals surface area contributed by atoms with Gasteiger partial charge in [0, 0.05) is 10.6 Å². The second-order valence-corrected chi connectivity index (χ2v) is 9.30. The largest absolute Gasteiger partial charge is 0.497 e. The number of benzene rings is 1. The number of nitrogens with zero attached hydrogens (tertiary/aromatic N) is 1. The molecule has 0 saturated heterocycles. The van der Waals surface area contributed by atoms with E-state index in [0.717, 1.165) is 53.2 Å². The third kappa shape index (κ3) is 4.20. The molecule has 1 aliphatic carbocycles. The van der Waals surface area contributed by atoms with Crippen LogP contribution in [0.5, 0.6) is 11.5 Å². The highest BCUT2D eigenvalue weighted by Gasteiger charge is 2.23. The fourth-order valence-corrected chi connectivity index (χ4v) is 5.70. The fraction of sp³-hybridized carbons (Fsp3) is 0.429. The van der Waals surface area contributed by atoms with Crippen molar-refractivity contribution in [1.82, 2.24) is 9.97 Å². The third-order valence-corrected chi connectivity index (χ3v) is 7.11. The summed E-state index contributed by atoms with van der Waals surface area (Å²) in [6.45, 7) is 2.90. The quantitative estimate of drug-likeness (QED) is 0.344. The van der Waals surface area contributed by atoms with Crippen molar-refractivity contribution in [1.29, 1.82) is 0 Å². The SMILES string of the molecule is COc1ccc(OCCCSc2nc3sc4c(c3c(=O)[nH]2)CCC(C)C4)cc1. The molecule has 0 bridgehead atoms. The number of fused-ring (bicyclic) bond motifs is 3. The minimum atomic E-state index is 0.00837. The van der Waals surface area contributed by atoms with Gasteiger partial charge in [0.05, 0.1) is 19.1 Å². The second kappa shape index (κ2) is 8.57. The highest BCUT2D eigenvalue weighted by atomic mass is 32.2. The summed E-state index contributed by atoms with van der Waals surface area (Å²) in [5.41, 5.74) is 1.24. The summed E-state index contributed by atoms with van der Waals surface area (Å²) >= 11 is 3.27. The summed E-state index contributed by atoms with van der Waals surface area (Å²) in [5, 5.41) is 1.52. The smallest absolute Gasteiger partial charge is 0.260 e. The summed E-state index contributed by atoms with van der Waals surface area (Å²) < 4.78 is 10.9. The fourth-order valence-electron chi connectivity index (χ4n) is 3.49. The topological polar surface area (TPSA) is 64.2 Å². The molecule has 4 rings (SSSR count). The Bertz CT molecular complexity index is 1010. The summed E-state index contributed by atoms with van der Waals surface area (Å²) in [4.78, 5) is 22.5. The number of methoxy groups -OCH3 is 1. The molecule has 1 aromatic carbocycles. The minimum absolute atomic E-state index is 0.00837. The van der Waals surface area contributed by atoms with Gasteiger partial charge in [0.15, 0.2) is 5.16 Å². The number of nitrogens with one attached hydrogen (secondary N) is 1. The van der Waals surface area contributed by atoms with Gasteiger partial charge >= 0.3 is 0 Å². The zero-order chi connectivity index (χ0) is 19.5. The van der Waals surface area contributed by atoms with Crippen LogP contribution in [0.2, 0.25) is 0 Å². The average molecular weight is 417 g/mol. The Hall–Kier alpha value is -1.99. The number of thiophene rings is 1. The van der Waals surface area contributed by atoms with E-state index in [9.17, 15) is 4.79 Å². The van der Waals surface area contributed by atoms with E-state index in [0.29, 0.717) is 17.7 Å². The summed E-state index contributed by atoms with van der Waals surface area (Å²) in [5.74, 6) is 3.18. The molecule has 148 valence electrons. The molecule has 0 amide bonds. The zero-order valence-electron chi connectivity index (χ0n) is 16.1. The molecule has 1 aliphatic rings. The Morgan fingerprint density at radius 3 is 2.86 bits per heavy atom. The van der Waals surface area contributed by atoms with Crippen LogP contribution in [0.1, 0.15) is 30.2 Å². The van der Waals surface area contributed by atoms with Crippen LogP contribution in [0.25, 0.3) is 10.2 Å². The molecule has 0 fully saturated rings. The van der Waals surface area contributed by atoms with Gasteiger partial charge < -0.3 is 14.5 Å². The monoisotopic (exact) mass is 416 g/mol. The van der Waals surface area contributed by atoms with Gasteiger partial charge in [-0.05, 0) is 61.4 Å². The first-order chi connectivity index (χ1) is 13.6. The predicted molar refractivity (Wildman–Crippen MR) is 115 cm³/mol. The maximum absolute atomic E-state index is 12.6. The second-order valence-electron chi connectivity index (χ2n) is 7.13. The van der Waals surface area contributed by atoms with Crippen LogP contribution in [-0.4, -0.2) is 29.4 Å². The van der Waals surface area contributed by atoms with Crippen LogP contribution in [0.3, 0.4) is 0 Å². The first-order valence-electron chi connectivity index (χ1n) is 9.58. The minimum Gasteiger partial charge on any atom is -0.497 e. The van der Waals surface area contributed by atoms with E-state index in [1.165, 1.54) is 10.4 Å². The van der Waals surface area contributed by atoms with Crippen LogP contribution < -0.4 is 15.0 Å². The van der Waals surface area contributed by atoms with Gasteiger partial charge in [0.25, 0.3) is 5.56 Å². The number of H-pyrrole nitrogens is 1. The number of aryl methyl sites for hydroxylation is 1. The molecule has 1 N–H and O–H groups in total. The van der Waals surface area contributed by atoms with Gasteiger partial charge in [0.2, 0.25) is 0 Å². The third-order valence-electron chi connectivity index (χ3n) is 5.00. The van der Waals surface area contributed by atoms with Crippen molar-refractivity contribution < 1.29 is 9.47 Å². The summed E-state index contributed by atoms with van der Waals surface area (Å²) in [6, 6.07) is 7.57. The molecule has 1 atom stereocenters. The predicted octanol–water partition coefficient (Wildman–Crippen LogP) is 4.68. The molecular formula is C21H24N2O3S2. The molecule has 28 heavy (non-hydrogen) atoms. The molecular weight excluding hydrogens is 392 g/mol. The Morgan fingerprint density at radius 1 is 1.29 bits per heavy atom. The van der Waals surface area contributed by atoms with Gasteiger partial charge in [-0.3, -0.25) is 4.79 Å². The number of hydrogen-bond donors (Lipinski definition) is 1. The van der Waals surface area contributed by atoms with Crippen LogP contribution in [0, 0.1) is 5.92 Å². The summed E-state index contributed by atoms with van der Waals surface area (Å²) in [6.07, 6.45) is 4.09. The van der Waals surface area contributed by atoms with E-state index in [1.807, 2.05) is 24.3 Å². The van der Waals surface area contributed by atoms with Crippen molar-refractivity contribution >= 4 is 33.3 Å². The molecule has 3 aromatic rings. The van der Waals surface area contributed by atoms with Crippen LogP contribution in [0.15, 0.2) is 34.2 Å². The first kappa shape index (κ1) is 19.3. The van der Waals surface area contributed by atoms with Gasteiger partial charge in [0.1, 0.15) is 16.3 Å². The maximum atomic E-state index is 12.6. The van der Waals surface area contributed by atoms with Crippen molar-refractivity contribution in [2.75, 3.05) is 19.5 Å². The Balaban J connectivity index is 1.34. The van der Waals surface area contributed by atoms with Crippen LogP contribution in [-0.2, 0) is 12.8 Å². The van der Waals surface area contributed by atoms with Crippen molar-refractivity contribution in [3.8, 4) is 11.5 Å². The van der Waals surface area contributed by atoms with E-state index >= 15 is 0 Å². The lowest BCUT2D eigenvalue weighted by atomic mass is 9.89. The van der Waals surface area contributed by atoms with Crippen molar-refractivity contribution in [3.63, 3.8) is 0 Å². The first-order valence-corrected chi connectivity index (χ1v) is 11.4. The van der Waals surface area contributed by atoms with Gasteiger partial charge in [-0.15, -0.1) is 11.3 Å². The van der Waals surface area contributed by atoms with E-state index in [-0.39, 0.29) is 5.56 Å².